The lowest BCUT2D eigenvalue weighted by Crippen LogP contribution is -2.07. The zero-order valence-electron chi connectivity index (χ0n) is 9.43. The topological polar surface area (TPSA) is 81.4 Å². The van der Waals surface area contributed by atoms with Crippen LogP contribution < -0.4 is 0 Å². The predicted octanol–water partition coefficient (Wildman–Crippen LogP) is 0.785. The van der Waals surface area contributed by atoms with Gasteiger partial charge >= 0.3 is 11.9 Å². The van der Waals surface area contributed by atoms with E-state index in [1.807, 2.05) is 0 Å². The molecule has 0 bridgehead atoms. The van der Waals surface area contributed by atoms with Gasteiger partial charge in [-0.1, -0.05) is 6.92 Å². The van der Waals surface area contributed by atoms with E-state index in [1.54, 1.807) is 20.0 Å². The number of carbonyl (C=O) groups is 2. The molecule has 0 saturated carbocycles. The van der Waals surface area contributed by atoms with E-state index < -0.39 is 11.9 Å². The van der Waals surface area contributed by atoms with Crippen LogP contribution in [0.3, 0.4) is 0 Å². The molecule has 0 aliphatic heterocycles. The van der Waals surface area contributed by atoms with Gasteiger partial charge in [0.1, 0.15) is 0 Å². The molecule has 0 radical (unpaired) electrons. The summed E-state index contributed by atoms with van der Waals surface area (Å²) in [5.41, 5.74) is 0.889. The Balaban J connectivity index is 2.93. The monoisotopic (exact) mass is 226 g/mol. The smallest absolute Gasteiger partial charge is 0.358 e. The van der Waals surface area contributed by atoms with Crippen LogP contribution in [0.5, 0.6) is 0 Å². The molecule has 1 rings (SSSR count). The SMILES string of the molecule is COC(=O)c1cc(C(C)CC(=O)O)n(C)n1. The van der Waals surface area contributed by atoms with Crippen molar-refractivity contribution in [3.05, 3.63) is 17.5 Å². The van der Waals surface area contributed by atoms with Crippen molar-refractivity contribution in [3.63, 3.8) is 0 Å². The number of hydrogen-bond acceptors (Lipinski definition) is 4. The summed E-state index contributed by atoms with van der Waals surface area (Å²) in [6.45, 7) is 1.77. The molecule has 16 heavy (non-hydrogen) atoms. The lowest BCUT2D eigenvalue weighted by atomic mass is 10.0. The fourth-order valence-corrected chi connectivity index (χ4v) is 1.51. The Morgan fingerprint density at radius 3 is 2.75 bits per heavy atom. The van der Waals surface area contributed by atoms with Gasteiger partial charge in [-0.05, 0) is 6.07 Å². The average molecular weight is 226 g/mol. The third kappa shape index (κ3) is 2.59. The van der Waals surface area contributed by atoms with Gasteiger partial charge in [0, 0.05) is 18.7 Å². The highest BCUT2D eigenvalue weighted by molar-refractivity contribution is 5.87. The minimum Gasteiger partial charge on any atom is -0.481 e. The van der Waals surface area contributed by atoms with Gasteiger partial charge in [0.05, 0.1) is 13.5 Å². The van der Waals surface area contributed by atoms with Crippen LogP contribution >= 0.6 is 0 Å². The quantitative estimate of drug-likeness (QED) is 0.767. The third-order valence-electron chi connectivity index (χ3n) is 2.30. The van der Waals surface area contributed by atoms with Crippen molar-refractivity contribution < 1.29 is 19.4 Å². The summed E-state index contributed by atoms with van der Waals surface area (Å²) in [6, 6.07) is 1.56. The van der Waals surface area contributed by atoms with Crippen LogP contribution in [-0.4, -0.2) is 33.9 Å². The molecule has 0 aliphatic carbocycles. The molecule has 1 unspecified atom stereocenters. The zero-order chi connectivity index (χ0) is 12.3. The molecule has 0 aliphatic rings. The Labute approximate surface area is 92.8 Å². The number of methoxy groups -OCH3 is 1. The summed E-state index contributed by atoms with van der Waals surface area (Å²) in [5, 5.41) is 12.6. The van der Waals surface area contributed by atoms with E-state index in [9.17, 15) is 9.59 Å². The van der Waals surface area contributed by atoms with Crippen molar-refractivity contribution in [1.82, 2.24) is 9.78 Å². The maximum Gasteiger partial charge on any atom is 0.358 e. The molecular weight excluding hydrogens is 212 g/mol. The summed E-state index contributed by atoms with van der Waals surface area (Å²) in [4.78, 5) is 21.8. The van der Waals surface area contributed by atoms with Crippen molar-refractivity contribution in [2.24, 2.45) is 7.05 Å². The van der Waals surface area contributed by atoms with E-state index in [2.05, 4.69) is 9.84 Å². The fourth-order valence-electron chi connectivity index (χ4n) is 1.51. The second-order valence-corrected chi connectivity index (χ2v) is 3.57. The van der Waals surface area contributed by atoms with Gasteiger partial charge < -0.3 is 9.84 Å². The Kier molecular flexibility index (Phi) is 3.65. The number of carboxylic acids is 1. The molecule has 6 heteroatoms. The van der Waals surface area contributed by atoms with Crippen molar-refractivity contribution >= 4 is 11.9 Å². The summed E-state index contributed by atoms with van der Waals surface area (Å²) < 4.78 is 6.03. The number of aliphatic carboxylic acids is 1. The number of nitrogens with zero attached hydrogens (tertiary/aromatic N) is 2. The van der Waals surface area contributed by atoms with Crippen molar-refractivity contribution in [3.8, 4) is 0 Å². The molecule has 0 fully saturated rings. The second-order valence-electron chi connectivity index (χ2n) is 3.57. The van der Waals surface area contributed by atoms with Gasteiger partial charge in [0.2, 0.25) is 0 Å². The molecule has 1 aromatic heterocycles. The lowest BCUT2D eigenvalue weighted by Gasteiger charge is -2.07. The van der Waals surface area contributed by atoms with E-state index >= 15 is 0 Å². The number of carboxylic acid groups (broad SMARTS) is 1. The number of aryl methyl sites for hydroxylation is 1. The Hall–Kier alpha value is -1.85. The highest BCUT2D eigenvalue weighted by atomic mass is 16.5. The molecule has 0 amide bonds. The fraction of sp³-hybridized carbons (Fsp3) is 0.500. The Morgan fingerprint density at radius 1 is 1.62 bits per heavy atom. The van der Waals surface area contributed by atoms with Gasteiger partial charge in [-0.15, -0.1) is 0 Å². The first-order valence-corrected chi connectivity index (χ1v) is 4.79. The molecule has 0 spiro atoms. The maximum absolute atomic E-state index is 11.2. The summed E-state index contributed by atoms with van der Waals surface area (Å²) >= 11 is 0. The molecule has 0 aromatic carbocycles. The van der Waals surface area contributed by atoms with Gasteiger partial charge in [0.15, 0.2) is 5.69 Å². The number of aromatic nitrogens is 2. The standard InChI is InChI=1S/C10H14N2O4/c1-6(4-9(13)14)8-5-7(10(15)16-3)11-12(8)2/h5-6H,4H2,1-3H3,(H,13,14). The Morgan fingerprint density at radius 2 is 2.25 bits per heavy atom. The van der Waals surface area contributed by atoms with Gasteiger partial charge in [-0.25, -0.2) is 4.79 Å². The summed E-state index contributed by atoms with van der Waals surface area (Å²) in [5.74, 6) is -1.61. The maximum atomic E-state index is 11.2. The number of hydrogen-bond donors (Lipinski definition) is 1. The second kappa shape index (κ2) is 4.78. The first kappa shape index (κ1) is 12.2. The van der Waals surface area contributed by atoms with Crippen LogP contribution in [0.2, 0.25) is 0 Å². The number of esters is 1. The van der Waals surface area contributed by atoms with E-state index in [-0.39, 0.29) is 18.0 Å². The molecule has 1 aromatic rings. The van der Waals surface area contributed by atoms with Gasteiger partial charge in [0.25, 0.3) is 0 Å². The molecule has 0 saturated heterocycles. The molecule has 1 heterocycles. The van der Waals surface area contributed by atoms with E-state index in [1.165, 1.54) is 11.8 Å². The minimum atomic E-state index is -0.881. The van der Waals surface area contributed by atoms with E-state index in [0.717, 1.165) is 0 Å². The van der Waals surface area contributed by atoms with Crippen LogP contribution in [0.1, 0.15) is 35.4 Å². The van der Waals surface area contributed by atoms with Crippen molar-refractivity contribution in [1.29, 1.82) is 0 Å². The van der Waals surface area contributed by atoms with Gasteiger partial charge in [-0.2, -0.15) is 5.10 Å². The molecule has 1 N–H and O–H groups in total. The van der Waals surface area contributed by atoms with Crippen LogP contribution in [0.25, 0.3) is 0 Å². The lowest BCUT2D eigenvalue weighted by molar-refractivity contribution is -0.137. The third-order valence-corrected chi connectivity index (χ3v) is 2.30. The molecular formula is C10H14N2O4. The number of ether oxygens (including phenoxy) is 1. The molecule has 1 atom stereocenters. The van der Waals surface area contributed by atoms with Crippen LogP contribution in [-0.2, 0) is 16.6 Å². The average Bonchev–Trinajstić information content (AvgIpc) is 2.58. The van der Waals surface area contributed by atoms with Crippen LogP contribution in [0.15, 0.2) is 6.07 Å². The highest BCUT2D eigenvalue weighted by Crippen LogP contribution is 2.19. The van der Waals surface area contributed by atoms with Crippen molar-refractivity contribution in [2.45, 2.75) is 19.3 Å². The summed E-state index contributed by atoms with van der Waals surface area (Å²) in [6.07, 6.45) is 0.000145. The van der Waals surface area contributed by atoms with Crippen LogP contribution in [0, 0.1) is 0 Å². The molecule has 6 nitrogen and oxygen atoms in total. The molecule has 88 valence electrons. The number of rotatable bonds is 4. The van der Waals surface area contributed by atoms with Crippen LogP contribution in [0.4, 0.5) is 0 Å². The summed E-state index contributed by atoms with van der Waals surface area (Å²) in [7, 11) is 2.94. The normalized spacial score (nSPS) is 12.2. The predicted molar refractivity (Wildman–Crippen MR) is 55.2 cm³/mol. The first-order chi connectivity index (χ1) is 7.45. The minimum absolute atomic E-state index is 0.000145. The first-order valence-electron chi connectivity index (χ1n) is 4.79. The number of carbonyl (C=O) groups excluding carboxylic acids is 1. The zero-order valence-corrected chi connectivity index (χ0v) is 9.43. The highest BCUT2D eigenvalue weighted by Gasteiger charge is 2.18. The Bertz CT molecular complexity index is 411. The van der Waals surface area contributed by atoms with E-state index in [4.69, 9.17) is 5.11 Å². The van der Waals surface area contributed by atoms with E-state index in [0.29, 0.717) is 5.69 Å². The van der Waals surface area contributed by atoms with Crippen molar-refractivity contribution in [2.75, 3.05) is 7.11 Å². The van der Waals surface area contributed by atoms with Gasteiger partial charge in [-0.3, -0.25) is 9.48 Å². The largest absolute Gasteiger partial charge is 0.481 e.